The van der Waals surface area contributed by atoms with E-state index >= 15 is 0 Å². The maximum Gasteiger partial charge on any atom is 0.327 e. The number of rotatable bonds is 2. The van der Waals surface area contributed by atoms with Crippen molar-refractivity contribution in [3.8, 4) is 0 Å². The Bertz CT molecular complexity index is 337. The average Bonchev–Trinajstić information content (AvgIpc) is 2.31. The minimum absolute atomic E-state index is 0.833. The van der Waals surface area contributed by atoms with Gasteiger partial charge in [0.1, 0.15) is 0 Å². The summed E-state index contributed by atoms with van der Waals surface area (Å²) < 4.78 is 0. The highest BCUT2D eigenvalue weighted by Gasteiger charge is 1.74. The zero-order chi connectivity index (χ0) is 13.7. The molecule has 0 unspecified atom stereocenters. The summed E-state index contributed by atoms with van der Waals surface area (Å²) >= 11 is 0. The van der Waals surface area contributed by atoms with E-state index in [0.717, 1.165) is 12.2 Å². The SMILES string of the molecule is C=CC(=O)O.C=CC(=O)O.Cc1ccccc1. The molecule has 0 aromatic heterocycles. The van der Waals surface area contributed by atoms with Gasteiger partial charge in [0, 0.05) is 12.2 Å². The van der Waals surface area contributed by atoms with Crippen LogP contribution in [0, 0.1) is 6.92 Å². The van der Waals surface area contributed by atoms with E-state index in [4.69, 9.17) is 10.2 Å². The van der Waals surface area contributed by atoms with E-state index in [2.05, 4.69) is 32.2 Å². The molecule has 0 amide bonds. The van der Waals surface area contributed by atoms with Gasteiger partial charge >= 0.3 is 11.9 Å². The molecule has 17 heavy (non-hydrogen) atoms. The lowest BCUT2D eigenvalue weighted by molar-refractivity contribution is -0.132. The van der Waals surface area contributed by atoms with Crippen molar-refractivity contribution in [2.75, 3.05) is 0 Å². The summed E-state index contributed by atoms with van der Waals surface area (Å²) in [7, 11) is 0. The molecule has 1 aromatic rings. The predicted octanol–water partition coefficient (Wildman–Crippen LogP) is 2.51. The first-order chi connectivity index (χ1) is 7.93. The summed E-state index contributed by atoms with van der Waals surface area (Å²) in [5, 5.41) is 15.2. The summed E-state index contributed by atoms with van der Waals surface area (Å²) in [6.07, 6.45) is 1.67. The topological polar surface area (TPSA) is 74.6 Å². The molecule has 0 radical (unpaired) electrons. The number of aryl methyl sites for hydroxylation is 1. The minimum atomic E-state index is -0.981. The first kappa shape index (κ1) is 17.0. The van der Waals surface area contributed by atoms with Crippen LogP contribution in [0.4, 0.5) is 0 Å². The lowest BCUT2D eigenvalue weighted by atomic mass is 10.2. The fourth-order valence-corrected chi connectivity index (χ4v) is 0.534. The van der Waals surface area contributed by atoms with Crippen LogP contribution < -0.4 is 0 Å². The van der Waals surface area contributed by atoms with Crippen LogP contribution >= 0.6 is 0 Å². The third-order valence-electron chi connectivity index (χ3n) is 1.29. The van der Waals surface area contributed by atoms with Gasteiger partial charge in [-0.15, -0.1) is 0 Å². The van der Waals surface area contributed by atoms with E-state index < -0.39 is 11.9 Å². The zero-order valence-electron chi connectivity index (χ0n) is 9.67. The van der Waals surface area contributed by atoms with Crippen LogP contribution in [0.15, 0.2) is 55.6 Å². The smallest absolute Gasteiger partial charge is 0.327 e. The maximum absolute atomic E-state index is 9.25. The van der Waals surface area contributed by atoms with Crippen LogP contribution in [0.5, 0.6) is 0 Å². The lowest BCUT2D eigenvalue weighted by Gasteiger charge is -1.82. The minimum Gasteiger partial charge on any atom is -0.478 e. The molecule has 0 saturated carbocycles. The second-order valence-electron chi connectivity index (χ2n) is 2.74. The van der Waals surface area contributed by atoms with Crippen LogP contribution in [-0.4, -0.2) is 22.2 Å². The number of hydrogen-bond acceptors (Lipinski definition) is 2. The van der Waals surface area contributed by atoms with Crippen LogP contribution in [-0.2, 0) is 9.59 Å². The number of carboxylic acids is 2. The zero-order valence-corrected chi connectivity index (χ0v) is 9.67. The van der Waals surface area contributed by atoms with Crippen LogP contribution in [0.3, 0.4) is 0 Å². The molecule has 92 valence electrons. The molecule has 2 N–H and O–H groups in total. The number of carboxylic acid groups (broad SMARTS) is 2. The van der Waals surface area contributed by atoms with Crippen molar-refractivity contribution in [1.82, 2.24) is 0 Å². The van der Waals surface area contributed by atoms with Crippen LogP contribution in [0.1, 0.15) is 5.56 Å². The van der Waals surface area contributed by atoms with Gasteiger partial charge in [0.2, 0.25) is 0 Å². The second-order valence-corrected chi connectivity index (χ2v) is 2.74. The molecule has 0 bridgehead atoms. The summed E-state index contributed by atoms with van der Waals surface area (Å²) in [5.74, 6) is -1.96. The van der Waals surface area contributed by atoms with Crippen molar-refractivity contribution in [3.05, 3.63) is 61.2 Å². The largest absolute Gasteiger partial charge is 0.478 e. The molecule has 1 rings (SSSR count). The first-order valence-electron chi connectivity index (χ1n) is 4.66. The molecule has 0 heterocycles. The summed E-state index contributed by atoms with van der Waals surface area (Å²) in [6, 6.07) is 10.3. The molecule has 0 aliphatic rings. The average molecular weight is 236 g/mol. The molecule has 1 aromatic carbocycles. The third kappa shape index (κ3) is 19.9. The standard InChI is InChI=1S/C7H8.2C3H4O2/c1-7-5-3-2-4-6-7;2*1-2-3(4)5/h2-6H,1H3;2*2H,1H2,(H,4,5). The van der Waals surface area contributed by atoms with Gasteiger partial charge in [-0.05, 0) is 6.92 Å². The van der Waals surface area contributed by atoms with E-state index in [1.807, 2.05) is 18.2 Å². The van der Waals surface area contributed by atoms with Crippen molar-refractivity contribution in [1.29, 1.82) is 0 Å². The van der Waals surface area contributed by atoms with Gasteiger partial charge in [0.15, 0.2) is 0 Å². The van der Waals surface area contributed by atoms with Gasteiger partial charge < -0.3 is 10.2 Å². The second kappa shape index (κ2) is 11.7. The number of hydrogen-bond donors (Lipinski definition) is 2. The number of carbonyl (C=O) groups is 2. The molecule has 4 nitrogen and oxygen atoms in total. The number of aliphatic carboxylic acids is 2. The Labute approximate surface area is 101 Å². The molecular weight excluding hydrogens is 220 g/mol. The van der Waals surface area contributed by atoms with Crippen molar-refractivity contribution in [3.63, 3.8) is 0 Å². The summed E-state index contributed by atoms with van der Waals surface area (Å²) in [5.41, 5.74) is 1.32. The molecule has 0 aliphatic carbocycles. The Morgan fingerprint density at radius 1 is 1.00 bits per heavy atom. The molecule has 0 spiro atoms. The van der Waals surface area contributed by atoms with Crippen LogP contribution in [0.2, 0.25) is 0 Å². The third-order valence-corrected chi connectivity index (χ3v) is 1.29. The van der Waals surface area contributed by atoms with Crippen molar-refractivity contribution in [2.45, 2.75) is 6.92 Å². The van der Waals surface area contributed by atoms with Crippen molar-refractivity contribution < 1.29 is 19.8 Å². The molecule has 4 heteroatoms. The highest BCUT2D eigenvalue weighted by atomic mass is 16.4. The van der Waals surface area contributed by atoms with Gasteiger partial charge in [0.25, 0.3) is 0 Å². The normalized spacial score (nSPS) is 7.35. The monoisotopic (exact) mass is 236 g/mol. The van der Waals surface area contributed by atoms with Gasteiger partial charge in [-0.1, -0.05) is 49.1 Å². The lowest BCUT2D eigenvalue weighted by Crippen LogP contribution is -1.82. The van der Waals surface area contributed by atoms with E-state index in [0.29, 0.717) is 0 Å². The Morgan fingerprint density at radius 2 is 1.29 bits per heavy atom. The highest BCUT2D eigenvalue weighted by Crippen LogP contribution is 1.92. The molecule has 0 atom stereocenters. The summed E-state index contributed by atoms with van der Waals surface area (Å²) in [6.45, 7) is 8.00. The van der Waals surface area contributed by atoms with Gasteiger partial charge in [0.05, 0.1) is 0 Å². The Morgan fingerprint density at radius 3 is 1.41 bits per heavy atom. The predicted molar refractivity (Wildman–Crippen MR) is 66.8 cm³/mol. The van der Waals surface area contributed by atoms with Gasteiger partial charge in [-0.2, -0.15) is 0 Å². The van der Waals surface area contributed by atoms with E-state index in [9.17, 15) is 9.59 Å². The first-order valence-corrected chi connectivity index (χ1v) is 4.66. The Kier molecular flexibility index (Phi) is 11.7. The highest BCUT2D eigenvalue weighted by molar-refractivity contribution is 5.79. The number of benzene rings is 1. The maximum atomic E-state index is 9.25. The fourth-order valence-electron chi connectivity index (χ4n) is 0.534. The van der Waals surface area contributed by atoms with Gasteiger partial charge in [-0.25, -0.2) is 9.59 Å². The molecule has 0 saturated heterocycles. The van der Waals surface area contributed by atoms with Crippen molar-refractivity contribution in [2.24, 2.45) is 0 Å². The van der Waals surface area contributed by atoms with E-state index in [1.54, 1.807) is 0 Å². The van der Waals surface area contributed by atoms with E-state index in [-0.39, 0.29) is 0 Å². The van der Waals surface area contributed by atoms with Crippen molar-refractivity contribution >= 4 is 11.9 Å². The Hall–Kier alpha value is -2.36. The quantitative estimate of drug-likeness (QED) is 0.774. The molecule has 0 fully saturated rings. The Balaban J connectivity index is 0. The fraction of sp³-hybridized carbons (Fsp3) is 0.0769. The molecule has 0 aliphatic heterocycles. The summed E-state index contributed by atoms with van der Waals surface area (Å²) in [4.78, 5) is 18.5. The molecular formula is C13H16O4. The van der Waals surface area contributed by atoms with Gasteiger partial charge in [-0.3, -0.25) is 0 Å². The van der Waals surface area contributed by atoms with E-state index in [1.165, 1.54) is 5.56 Å². The van der Waals surface area contributed by atoms with Crippen LogP contribution in [0.25, 0.3) is 0 Å².